The maximum absolute atomic E-state index is 10.5. The number of nitrogens with one attached hydrogen (secondary N) is 1. The summed E-state index contributed by atoms with van der Waals surface area (Å²) in [6, 6.07) is 9.19. The van der Waals surface area contributed by atoms with Crippen LogP contribution in [0.4, 0.5) is 0 Å². The van der Waals surface area contributed by atoms with E-state index in [-0.39, 0.29) is 0 Å². The predicted molar refractivity (Wildman–Crippen MR) is 77.9 cm³/mol. The summed E-state index contributed by atoms with van der Waals surface area (Å²) in [5, 5.41) is 16.0. The summed E-state index contributed by atoms with van der Waals surface area (Å²) in [7, 11) is 0. The Morgan fingerprint density at radius 1 is 1.42 bits per heavy atom. The Morgan fingerprint density at radius 2 is 2.05 bits per heavy atom. The van der Waals surface area contributed by atoms with Crippen molar-refractivity contribution in [3.8, 4) is 0 Å². The second-order valence-electron chi connectivity index (χ2n) is 4.99. The van der Waals surface area contributed by atoms with E-state index in [1.807, 2.05) is 30.3 Å². The first-order valence-corrected chi connectivity index (χ1v) is 6.91. The van der Waals surface area contributed by atoms with Crippen molar-refractivity contribution in [3.05, 3.63) is 35.9 Å². The third-order valence-electron chi connectivity index (χ3n) is 3.65. The average Bonchev–Trinajstić information content (AvgIpc) is 2.85. The second-order valence-corrected chi connectivity index (χ2v) is 4.99. The largest absolute Gasteiger partial charge is 0.481 e. The van der Waals surface area contributed by atoms with Crippen molar-refractivity contribution >= 4 is 11.7 Å². The van der Waals surface area contributed by atoms with E-state index in [1.165, 1.54) is 19.3 Å². The van der Waals surface area contributed by atoms with Crippen LogP contribution in [0.25, 0.3) is 0 Å². The van der Waals surface area contributed by atoms with Crippen LogP contribution in [0.3, 0.4) is 0 Å². The van der Waals surface area contributed by atoms with Crippen molar-refractivity contribution in [1.82, 2.24) is 0 Å². The number of aliphatic carboxylic acids is 1. The minimum atomic E-state index is -0.781. The molecule has 0 radical (unpaired) electrons. The zero-order valence-electron chi connectivity index (χ0n) is 11.7. The third kappa shape index (κ3) is 4.86. The summed E-state index contributed by atoms with van der Waals surface area (Å²) in [5.74, 6) is -0.539. The van der Waals surface area contributed by atoms with Crippen LogP contribution >= 0.6 is 0 Å². The Labute approximate surface area is 115 Å². The molecule has 0 heterocycles. The lowest BCUT2D eigenvalue weighted by atomic mass is 10.0. The number of benzene rings is 1. The van der Waals surface area contributed by atoms with Gasteiger partial charge in [0.1, 0.15) is 0 Å². The van der Waals surface area contributed by atoms with Crippen molar-refractivity contribution in [2.24, 2.45) is 5.92 Å². The molecule has 1 aromatic carbocycles. The molecule has 2 N–H and O–H groups in total. The molecule has 0 spiro atoms. The molecule has 1 aromatic rings. The Morgan fingerprint density at radius 3 is 2.42 bits per heavy atom. The molecule has 3 heteroatoms. The highest BCUT2D eigenvalue weighted by molar-refractivity contribution is 5.85. The molecule has 0 amide bonds. The van der Waals surface area contributed by atoms with Crippen LogP contribution in [0.5, 0.6) is 0 Å². The van der Waals surface area contributed by atoms with Crippen LogP contribution in [0, 0.1) is 11.3 Å². The van der Waals surface area contributed by atoms with Gasteiger partial charge in [0.15, 0.2) is 0 Å². The van der Waals surface area contributed by atoms with E-state index in [0.29, 0.717) is 5.92 Å². The van der Waals surface area contributed by atoms with Gasteiger partial charge in [-0.25, -0.2) is 0 Å². The maximum atomic E-state index is 10.5. The van der Waals surface area contributed by atoms with E-state index in [2.05, 4.69) is 6.92 Å². The van der Waals surface area contributed by atoms with Crippen LogP contribution in [0.2, 0.25) is 0 Å². The number of hydrogen-bond acceptors (Lipinski definition) is 2. The summed E-state index contributed by atoms with van der Waals surface area (Å²) in [4.78, 5) is 10.5. The Bertz CT molecular complexity index is 414. The number of carbonyl (C=O) groups is 1. The minimum absolute atomic E-state index is 0.406. The van der Waals surface area contributed by atoms with Crippen molar-refractivity contribution in [2.45, 2.75) is 45.4 Å². The summed E-state index contributed by atoms with van der Waals surface area (Å²) in [5.41, 5.74) is 1.84. The molecule has 0 saturated heterocycles. The molecule has 2 atom stereocenters. The van der Waals surface area contributed by atoms with Gasteiger partial charge in [-0.2, -0.15) is 0 Å². The molecule has 3 nitrogen and oxygen atoms in total. The fraction of sp³-hybridized carbons (Fsp3) is 0.500. The van der Waals surface area contributed by atoms with Gasteiger partial charge in [-0.3, -0.25) is 4.79 Å². The van der Waals surface area contributed by atoms with Gasteiger partial charge in [-0.15, -0.1) is 0 Å². The third-order valence-corrected chi connectivity index (χ3v) is 3.65. The standard InChI is InChI=1S/C9H10O2.C7H13N/c1-7(9(10)11)8-5-3-2-4-6-8;1-2-6-4-3-5-7(6)8/h2-7H,1H3,(H,10,11);6,8H,2-5H2,1H3. The molecule has 2 unspecified atom stereocenters. The van der Waals surface area contributed by atoms with Gasteiger partial charge in [-0.1, -0.05) is 37.3 Å². The van der Waals surface area contributed by atoms with Crippen molar-refractivity contribution in [1.29, 1.82) is 5.41 Å². The van der Waals surface area contributed by atoms with Gasteiger partial charge in [-0.05, 0) is 44.1 Å². The van der Waals surface area contributed by atoms with Crippen molar-refractivity contribution in [3.63, 3.8) is 0 Å². The fourth-order valence-corrected chi connectivity index (χ4v) is 2.25. The first-order chi connectivity index (χ1) is 9.06. The molecule has 1 fully saturated rings. The molecule has 2 rings (SSSR count). The lowest BCUT2D eigenvalue weighted by Gasteiger charge is -2.04. The molecule has 0 aromatic heterocycles. The van der Waals surface area contributed by atoms with Crippen LogP contribution < -0.4 is 0 Å². The van der Waals surface area contributed by atoms with Gasteiger partial charge < -0.3 is 10.5 Å². The Balaban J connectivity index is 0.000000200. The van der Waals surface area contributed by atoms with Crippen molar-refractivity contribution in [2.75, 3.05) is 0 Å². The van der Waals surface area contributed by atoms with E-state index < -0.39 is 11.9 Å². The highest BCUT2D eigenvalue weighted by Gasteiger charge is 2.17. The molecule has 1 saturated carbocycles. The molecule has 0 aliphatic heterocycles. The van der Waals surface area contributed by atoms with Gasteiger partial charge in [0, 0.05) is 5.71 Å². The number of rotatable bonds is 3. The smallest absolute Gasteiger partial charge is 0.310 e. The lowest BCUT2D eigenvalue weighted by molar-refractivity contribution is -0.138. The first kappa shape index (κ1) is 15.4. The van der Waals surface area contributed by atoms with Crippen LogP contribution in [0.1, 0.15) is 51.0 Å². The first-order valence-electron chi connectivity index (χ1n) is 6.91. The fourth-order valence-electron chi connectivity index (χ4n) is 2.25. The quantitative estimate of drug-likeness (QED) is 0.860. The van der Waals surface area contributed by atoms with E-state index in [4.69, 9.17) is 10.5 Å². The molecular weight excluding hydrogens is 238 g/mol. The molecule has 0 bridgehead atoms. The lowest BCUT2D eigenvalue weighted by Crippen LogP contribution is -2.06. The summed E-state index contributed by atoms with van der Waals surface area (Å²) >= 11 is 0. The van der Waals surface area contributed by atoms with Crippen molar-refractivity contribution < 1.29 is 9.90 Å². The number of carboxylic acids is 1. The monoisotopic (exact) mass is 261 g/mol. The number of hydrogen-bond donors (Lipinski definition) is 2. The van der Waals surface area contributed by atoms with Gasteiger partial charge in [0.25, 0.3) is 0 Å². The van der Waals surface area contributed by atoms with E-state index in [9.17, 15) is 4.79 Å². The molecule has 1 aliphatic carbocycles. The average molecular weight is 261 g/mol. The normalized spacial score (nSPS) is 19.5. The topological polar surface area (TPSA) is 61.1 Å². The predicted octanol–water partition coefficient (Wildman–Crippen LogP) is 4.09. The van der Waals surface area contributed by atoms with E-state index in [1.54, 1.807) is 6.92 Å². The molecule has 19 heavy (non-hydrogen) atoms. The highest BCUT2D eigenvalue weighted by Crippen LogP contribution is 2.23. The van der Waals surface area contributed by atoms with Gasteiger partial charge in [0.05, 0.1) is 5.92 Å². The van der Waals surface area contributed by atoms with Gasteiger partial charge >= 0.3 is 5.97 Å². The summed E-state index contributed by atoms with van der Waals surface area (Å²) < 4.78 is 0. The molecule has 104 valence electrons. The second kappa shape index (κ2) is 7.72. The summed E-state index contributed by atoms with van der Waals surface area (Å²) in [6.45, 7) is 3.85. The zero-order valence-corrected chi connectivity index (χ0v) is 11.7. The van der Waals surface area contributed by atoms with Crippen LogP contribution in [0.15, 0.2) is 30.3 Å². The minimum Gasteiger partial charge on any atom is -0.481 e. The van der Waals surface area contributed by atoms with Gasteiger partial charge in [0.2, 0.25) is 0 Å². The Hall–Kier alpha value is -1.64. The van der Waals surface area contributed by atoms with E-state index in [0.717, 1.165) is 17.7 Å². The Kier molecular flexibility index (Phi) is 6.26. The maximum Gasteiger partial charge on any atom is 0.310 e. The highest BCUT2D eigenvalue weighted by atomic mass is 16.4. The van der Waals surface area contributed by atoms with Crippen LogP contribution in [-0.2, 0) is 4.79 Å². The SMILES string of the molecule is CC(C(=O)O)c1ccccc1.CCC1CCCC1=N. The zero-order chi connectivity index (χ0) is 14.3. The van der Waals surface area contributed by atoms with E-state index >= 15 is 0 Å². The van der Waals surface area contributed by atoms with Crippen LogP contribution in [-0.4, -0.2) is 16.8 Å². The number of carboxylic acid groups (broad SMARTS) is 1. The summed E-state index contributed by atoms with van der Waals surface area (Å²) in [6.07, 6.45) is 4.78. The molecular formula is C16H23NO2. The molecule has 1 aliphatic rings.